The molecule has 1 aliphatic heterocycles. The zero-order valence-electron chi connectivity index (χ0n) is 16.0. The Morgan fingerprint density at radius 2 is 2.21 bits per heavy atom. The van der Waals surface area contributed by atoms with Crippen LogP contribution in [0.15, 0.2) is 55.5 Å². The average molecular weight is 387 g/mol. The Balaban J connectivity index is 1.48. The van der Waals surface area contributed by atoms with Crippen LogP contribution in [0.5, 0.6) is 0 Å². The number of nitrogens with zero attached hydrogens (tertiary/aromatic N) is 5. The van der Waals surface area contributed by atoms with Crippen LogP contribution in [0.3, 0.4) is 0 Å². The zero-order chi connectivity index (χ0) is 20.0. The molecule has 0 radical (unpaired) electrons. The molecule has 2 aromatic heterocycles. The van der Waals surface area contributed by atoms with E-state index in [1.807, 2.05) is 43.7 Å². The van der Waals surface area contributed by atoms with E-state index in [9.17, 15) is 4.79 Å². The van der Waals surface area contributed by atoms with Gasteiger partial charge in [-0.1, -0.05) is 12.6 Å². The second kappa shape index (κ2) is 6.73. The Hall–Kier alpha value is -3.68. The number of carbonyl (C=O) groups excluding carboxylic acids is 1. The van der Waals surface area contributed by atoms with Gasteiger partial charge in [-0.3, -0.25) is 9.48 Å². The highest BCUT2D eigenvalue weighted by Gasteiger charge is 2.46. The Morgan fingerprint density at radius 3 is 3.00 bits per heavy atom. The lowest BCUT2D eigenvalue weighted by Crippen LogP contribution is -2.26. The highest BCUT2D eigenvalue weighted by molar-refractivity contribution is 5.99. The van der Waals surface area contributed by atoms with Crippen LogP contribution in [-0.2, 0) is 11.8 Å². The summed E-state index contributed by atoms with van der Waals surface area (Å²) in [6.45, 7) is 4.41. The summed E-state index contributed by atoms with van der Waals surface area (Å²) in [5.74, 6) is 2.38. The van der Waals surface area contributed by atoms with Crippen LogP contribution in [0.2, 0.25) is 0 Å². The molecular weight excluding hydrogens is 366 g/mol. The second-order valence-electron chi connectivity index (χ2n) is 7.46. The minimum absolute atomic E-state index is 0.228. The SMILES string of the molecule is C=CC(=O)Nc1cccc(N2CC3CC3c3cnc(Nc4cnn(C)c4)nc32)c1. The first-order valence-electron chi connectivity index (χ1n) is 9.54. The molecule has 3 aromatic rings. The fourth-order valence-corrected chi connectivity index (χ4v) is 3.86. The van der Waals surface area contributed by atoms with Crippen molar-refractivity contribution >= 4 is 34.7 Å². The van der Waals surface area contributed by atoms with E-state index in [1.54, 1.807) is 10.9 Å². The van der Waals surface area contributed by atoms with Gasteiger partial charge in [-0.05, 0) is 42.5 Å². The summed E-state index contributed by atoms with van der Waals surface area (Å²) >= 11 is 0. The molecule has 1 fully saturated rings. The Morgan fingerprint density at radius 1 is 1.31 bits per heavy atom. The highest BCUT2D eigenvalue weighted by Crippen LogP contribution is 2.55. The molecular formula is C21H21N7O. The summed E-state index contributed by atoms with van der Waals surface area (Å²) in [7, 11) is 1.87. The van der Waals surface area contributed by atoms with Gasteiger partial charge < -0.3 is 15.5 Å². The molecule has 0 spiro atoms. The smallest absolute Gasteiger partial charge is 0.247 e. The maximum Gasteiger partial charge on any atom is 0.247 e. The Labute approximate surface area is 168 Å². The molecule has 1 amide bonds. The maximum absolute atomic E-state index is 11.7. The topological polar surface area (TPSA) is 88.0 Å². The molecule has 2 N–H and O–H groups in total. The number of nitrogens with one attached hydrogen (secondary N) is 2. The van der Waals surface area contributed by atoms with Crippen LogP contribution in [0.4, 0.5) is 28.8 Å². The first-order valence-corrected chi connectivity index (χ1v) is 9.54. The van der Waals surface area contributed by atoms with E-state index < -0.39 is 0 Å². The molecule has 2 unspecified atom stereocenters. The number of anilines is 5. The molecule has 1 aromatic carbocycles. The number of aromatic nitrogens is 4. The molecule has 29 heavy (non-hydrogen) atoms. The van der Waals surface area contributed by atoms with Crippen LogP contribution in [0, 0.1) is 5.92 Å². The predicted molar refractivity (Wildman–Crippen MR) is 112 cm³/mol. The lowest BCUT2D eigenvalue weighted by atomic mass is 10.1. The van der Waals surface area contributed by atoms with Crippen molar-refractivity contribution in [3.05, 3.63) is 61.1 Å². The number of fused-ring (bicyclic) bond motifs is 3. The standard InChI is InChI=1S/C21H21N7O/c1-3-19(29)24-14-5-4-6-16(8-14)28-11-13-7-17(13)18-10-22-21(26-20(18)28)25-15-9-23-27(2)12-15/h3-6,8-10,12-13,17H,1,7,11H2,2H3,(H,24,29)(H,22,25,26). The Bertz CT molecular complexity index is 1110. The largest absolute Gasteiger partial charge is 0.326 e. The van der Waals surface area contributed by atoms with Crippen molar-refractivity contribution in [2.75, 3.05) is 22.1 Å². The number of hydrogen-bond acceptors (Lipinski definition) is 6. The second-order valence-corrected chi connectivity index (χ2v) is 7.46. The molecule has 5 rings (SSSR count). The molecule has 0 bridgehead atoms. The third-order valence-corrected chi connectivity index (χ3v) is 5.36. The van der Waals surface area contributed by atoms with Crippen molar-refractivity contribution in [3.8, 4) is 0 Å². The van der Waals surface area contributed by atoms with Crippen molar-refractivity contribution in [1.29, 1.82) is 0 Å². The minimum atomic E-state index is -0.228. The molecule has 3 heterocycles. The molecule has 1 saturated carbocycles. The molecule has 146 valence electrons. The Kier molecular flexibility index (Phi) is 4.04. The summed E-state index contributed by atoms with van der Waals surface area (Å²) in [6, 6.07) is 7.80. The van der Waals surface area contributed by atoms with Crippen LogP contribution in [0.1, 0.15) is 17.9 Å². The van der Waals surface area contributed by atoms with Gasteiger partial charge in [0, 0.05) is 42.9 Å². The van der Waals surface area contributed by atoms with E-state index >= 15 is 0 Å². The number of carbonyl (C=O) groups is 1. The van der Waals surface area contributed by atoms with Gasteiger partial charge in [0.1, 0.15) is 5.82 Å². The van der Waals surface area contributed by atoms with Crippen molar-refractivity contribution in [2.24, 2.45) is 13.0 Å². The van der Waals surface area contributed by atoms with Gasteiger partial charge in [0.2, 0.25) is 11.9 Å². The van der Waals surface area contributed by atoms with Gasteiger partial charge >= 0.3 is 0 Å². The third kappa shape index (κ3) is 3.33. The van der Waals surface area contributed by atoms with Gasteiger partial charge in [-0.15, -0.1) is 0 Å². The summed E-state index contributed by atoms with van der Waals surface area (Å²) < 4.78 is 1.73. The van der Waals surface area contributed by atoms with E-state index in [2.05, 4.69) is 32.2 Å². The van der Waals surface area contributed by atoms with E-state index in [4.69, 9.17) is 4.98 Å². The quantitative estimate of drug-likeness (QED) is 0.653. The maximum atomic E-state index is 11.7. The highest BCUT2D eigenvalue weighted by atomic mass is 16.1. The first-order chi connectivity index (χ1) is 14.1. The van der Waals surface area contributed by atoms with E-state index in [-0.39, 0.29) is 5.91 Å². The van der Waals surface area contributed by atoms with Gasteiger partial charge in [0.25, 0.3) is 0 Å². The molecule has 0 saturated heterocycles. The van der Waals surface area contributed by atoms with Gasteiger partial charge in [0.05, 0.1) is 11.9 Å². The minimum Gasteiger partial charge on any atom is -0.326 e. The molecule has 1 aliphatic carbocycles. The molecule has 2 atom stereocenters. The normalized spacial score (nSPS) is 19.1. The van der Waals surface area contributed by atoms with Gasteiger partial charge in [0.15, 0.2) is 0 Å². The van der Waals surface area contributed by atoms with Gasteiger partial charge in [-0.2, -0.15) is 10.1 Å². The molecule has 2 aliphatic rings. The number of benzene rings is 1. The monoisotopic (exact) mass is 387 g/mol. The number of rotatable bonds is 5. The van der Waals surface area contributed by atoms with E-state index in [0.717, 1.165) is 35.8 Å². The summed E-state index contributed by atoms with van der Waals surface area (Å²) in [4.78, 5) is 23.2. The van der Waals surface area contributed by atoms with Crippen molar-refractivity contribution in [1.82, 2.24) is 19.7 Å². The first kappa shape index (κ1) is 17.4. The van der Waals surface area contributed by atoms with Crippen LogP contribution in [-0.4, -0.2) is 32.2 Å². The van der Waals surface area contributed by atoms with E-state index in [1.165, 1.54) is 11.6 Å². The molecule has 8 nitrogen and oxygen atoms in total. The van der Waals surface area contributed by atoms with Crippen molar-refractivity contribution in [3.63, 3.8) is 0 Å². The van der Waals surface area contributed by atoms with Crippen molar-refractivity contribution in [2.45, 2.75) is 12.3 Å². The fourth-order valence-electron chi connectivity index (χ4n) is 3.86. The van der Waals surface area contributed by atoms with Crippen LogP contribution >= 0.6 is 0 Å². The van der Waals surface area contributed by atoms with Crippen LogP contribution < -0.4 is 15.5 Å². The number of hydrogen-bond donors (Lipinski definition) is 2. The summed E-state index contributed by atoms with van der Waals surface area (Å²) in [6.07, 6.45) is 7.98. The van der Waals surface area contributed by atoms with E-state index in [0.29, 0.717) is 17.8 Å². The van der Waals surface area contributed by atoms with Crippen LogP contribution in [0.25, 0.3) is 0 Å². The van der Waals surface area contributed by atoms with Crippen molar-refractivity contribution < 1.29 is 4.79 Å². The lowest BCUT2D eigenvalue weighted by molar-refractivity contribution is -0.111. The van der Waals surface area contributed by atoms with Gasteiger partial charge in [-0.25, -0.2) is 4.98 Å². The third-order valence-electron chi connectivity index (χ3n) is 5.36. The predicted octanol–water partition coefficient (Wildman–Crippen LogP) is 3.33. The summed E-state index contributed by atoms with van der Waals surface area (Å²) in [5.41, 5.74) is 3.74. The fraction of sp³-hybridized carbons (Fsp3) is 0.238. The molecule has 8 heteroatoms. The summed E-state index contributed by atoms with van der Waals surface area (Å²) in [5, 5.41) is 10.2. The average Bonchev–Trinajstić information content (AvgIpc) is 3.41. The zero-order valence-corrected chi connectivity index (χ0v) is 16.0. The number of amides is 1. The number of aryl methyl sites for hydroxylation is 1. The lowest BCUT2D eigenvalue weighted by Gasteiger charge is -2.30.